The van der Waals surface area contributed by atoms with Crippen LogP contribution < -0.4 is 4.40 Å². The zero-order chi connectivity index (χ0) is 33.5. The van der Waals surface area contributed by atoms with Crippen molar-refractivity contribution in [1.29, 1.82) is 0 Å². The first-order chi connectivity index (χ1) is 23.1. The summed E-state index contributed by atoms with van der Waals surface area (Å²) in [6.07, 6.45) is 1.79. The molecule has 4 heterocycles. The first-order valence-corrected chi connectivity index (χ1v) is 23.6. The maximum atomic E-state index is 6.56. The van der Waals surface area contributed by atoms with Gasteiger partial charge in [0.05, 0.1) is 0 Å². The Bertz CT molecular complexity index is 2320. The molecule has 0 fully saturated rings. The van der Waals surface area contributed by atoms with Crippen molar-refractivity contribution in [1.82, 2.24) is 19.5 Å². The van der Waals surface area contributed by atoms with Gasteiger partial charge in [-0.15, -0.1) is 35.9 Å². The van der Waals surface area contributed by atoms with E-state index in [9.17, 15) is 0 Å². The fourth-order valence-electron chi connectivity index (χ4n) is 5.81. The molecule has 5 nitrogen and oxygen atoms in total. The Kier molecular flexibility index (Phi) is 9.77. The molecule has 0 amide bonds. The molecule has 8 aromatic rings. The Morgan fingerprint density at radius 2 is 1.51 bits per heavy atom. The van der Waals surface area contributed by atoms with Crippen molar-refractivity contribution < 1.29 is 24.5 Å². The number of para-hydroxylation sites is 1. The molecule has 7 heteroatoms. The van der Waals surface area contributed by atoms with Crippen molar-refractivity contribution in [3.63, 3.8) is 0 Å². The minimum absolute atomic E-state index is 0. The van der Waals surface area contributed by atoms with Crippen molar-refractivity contribution in [3.05, 3.63) is 139 Å². The standard InChI is InChI=1S/C31H30GeN3O.C11H8N.Ir/c1-31(2,3)27-18-17-25-30(34-27)35(21-11-8-7-9-12-21)29(33-25)24-14-10-13-23-22-16-15-20(32(4,5)6)19-26(22)36-28(23)24;1-2-6-10(7-3-1)11-8-4-5-9-12-11;/h7-13,15-19H,1-6H3;1-6,8-9H;/q2*-1;. The van der Waals surface area contributed by atoms with E-state index in [1.165, 1.54) is 4.40 Å². The topological polar surface area (TPSA) is 56.7 Å². The molecule has 0 aliphatic heterocycles. The monoisotopic (exact) mass is 881 g/mol. The molecule has 1 radical (unpaired) electrons. The van der Waals surface area contributed by atoms with Crippen molar-refractivity contribution in [3.8, 4) is 28.3 Å². The number of imidazole rings is 1. The smallest absolute Gasteiger partial charge is 0.0160 e. The third-order valence-corrected chi connectivity index (χ3v) is 12.7. The normalized spacial score (nSPS) is 11.7. The number of rotatable bonds is 4. The average Bonchev–Trinajstić information content (AvgIpc) is 3.67. The zero-order valence-corrected chi connectivity index (χ0v) is 33.1. The first-order valence-electron chi connectivity index (χ1n) is 16.3. The molecule has 4 aromatic carbocycles. The molecule has 49 heavy (non-hydrogen) atoms. The van der Waals surface area contributed by atoms with Crippen LogP contribution in [0.1, 0.15) is 26.5 Å². The van der Waals surface area contributed by atoms with Gasteiger partial charge < -0.3 is 4.98 Å². The second-order valence-corrected chi connectivity index (χ2v) is 24.7. The molecule has 4 aromatic heterocycles. The second kappa shape index (κ2) is 13.9. The molecule has 0 spiro atoms. The van der Waals surface area contributed by atoms with E-state index in [0.29, 0.717) is 0 Å². The molecule has 0 bridgehead atoms. The molecular weight excluding hydrogens is 841 g/mol. The number of hydrogen-bond acceptors (Lipinski definition) is 4. The molecule has 0 atom stereocenters. The van der Waals surface area contributed by atoms with E-state index >= 15 is 0 Å². The average molecular weight is 880 g/mol. The van der Waals surface area contributed by atoms with Gasteiger partial charge >= 0.3 is 194 Å². The summed E-state index contributed by atoms with van der Waals surface area (Å²) in [5.74, 6) is 8.01. The number of fused-ring (bicyclic) bond motifs is 4. The number of benzene rings is 4. The number of furan rings is 1. The molecule has 0 N–H and O–H groups in total. The predicted molar refractivity (Wildman–Crippen MR) is 201 cm³/mol. The fourth-order valence-corrected chi connectivity index (χ4v) is 8.22. The van der Waals surface area contributed by atoms with Gasteiger partial charge in [-0.05, 0) is 11.8 Å². The van der Waals surface area contributed by atoms with Crippen LogP contribution in [0.15, 0.2) is 126 Å². The Hall–Kier alpha value is -4.36. The van der Waals surface area contributed by atoms with E-state index in [0.717, 1.165) is 67.1 Å². The fraction of sp³-hybridized carbons (Fsp3) is 0.167. The van der Waals surface area contributed by atoms with E-state index in [1.807, 2.05) is 66.7 Å². The van der Waals surface area contributed by atoms with Gasteiger partial charge in [-0.2, -0.15) is 0 Å². The number of pyridine rings is 2. The summed E-state index contributed by atoms with van der Waals surface area (Å²) in [6, 6.07) is 45.6. The quantitative estimate of drug-likeness (QED) is 0.131. The third kappa shape index (κ3) is 7.05. The van der Waals surface area contributed by atoms with Gasteiger partial charge in [0.25, 0.3) is 0 Å². The van der Waals surface area contributed by atoms with Gasteiger partial charge in [-0.3, -0.25) is 0 Å². The Morgan fingerprint density at radius 1 is 0.735 bits per heavy atom. The number of aromatic nitrogens is 4. The summed E-state index contributed by atoms with van der Waals surface area (Å²) < 4.78 is 10.1. The van der Waals surface area contributed by atoms with Crippen molar-refractivity contribution in [2.75, 3.05) is 0 Å². The number of hydrogen-bond donors (Lipinski definition) is 0. The summed E-state index contributed by atoms with van der Waals surface area (Å²) in [7, 11) is 0. The maximum absolute atomic E-state index is 6.56. The van der Waals surface area contributed by atoms with Gasteiger partial charge in [0.1, 0.15) is 0 Å². The number of nitrogens with zero attached hydrogens (tertiary/aromatic N) is 4. The second-order valence-electron chi connectivity index (χ2n) is 14.0. The van der Waals surface area contributed by atoms with Crippen molar-refractivity contribution >= 4 is 50.8 Å². The zero-order valence-electron chi connectivity index (χ0n) is 28.6. The van der Waals surface area contributed by atoms with Crippen LogP contribution in [-0.2, 0) is 25.5 Å². The van der Waals surface area contributed by atoms with Crippen LogP contribution in [0.2, 0.25) is 17.3 Å². The third-order valence-electron chi connectivity index (χ3n) is 8.46. The summed E-state index contributed by atoms with van der Waals surface area (Å²) in [4.78, 5) is 14.4. The summed E-state index contributed by atoms with van der Waals surface area (Å²) >= 11 is -1.99. The van der Waals surface area contributed by atoms with E-state index in [-0.39, 0.29) is 25.5 Å². The predicted octanol–water partition coefficient (Wildman–Crippen LogP) is 10.2. The van der Waals surface area contributed by atoms with Gasteiger partial charge in [0.2, 0.25) is 0 Å². The molecular formula is C42H38GeIrN4O-2. The van der Waals surface area contributed by atoms with Crippen LogP contribution in [0, 0.1) is 12.1 Å². The van der Waals surface area contributed by atoms with Crippen LogP contribution in [-0.4, -0.2) is 32.8 Å². The van der Waals surface area contributed by atoms with Gasteiger partial charge in [0.15, 0.2) is 0 Å². The Morgan fingerprint density at radius 3 is 2.20 bits per heavy atom. The van der Waals surface area contributed by atoms with E-state index in [2.05, 4.69) is 108 Å². The van der Waals surface area contributed by atoms with Crippen LogP contribution in [0.5, 0.6) is 0 Å². The maximum Gasteiger partial charge on any atom is 0.0160 e. The molecule has 0 saturated carbocycles. The van der Waals surface area contributed by atoms with Crippen LogP contribution >= 0.6 is 0 Å². The molecule has 247 valence electrons. The van der Waals surface area contributed by atoms with E-state index in [1.54, 1.807) is 6.20 Å². The van der Waals surface area contributed by atoms with Crippen molar-refractivity contribution in [2.24, 2.45) is 0 Å². The largest absolute Gasteiger partial charge is 0.305 e. The molecule has 0 aliphatic rings. The Balaban J connectivity index is 0.000000270. The summed E-state index contributed by atoms with van der Waals surface area (Å²) in [5, 5.41) is 2.22. The summed E-state index contributed by atoms with van der Waals surface area (Å²) in [6.45, 7) is 6.55. The van der Waals surface area contributed by atoms with E-state index < -0.39 is 13.3 Å². The molecule has 0 unspecified atom stereocenters. The minimum Gasteiger partial charge on any atom is -0.305 e. The SMILES string of the molecule is CC(C)(C)c1ccc2nc(-c3[c-]ccc4c3oc3c[c]([Ge]([CH3])([CH3])[CH3])ccc34)n(-c3ccccc3)c2n1.[Ir].[c-]1ccccc1-c1ccccn1. The molecule has 0 aliphatic carbocycles. The van der Waals surface area contributed by atoms with Gasteiger partial charge in [0, 0.05) is 26.3 Å². The minimum atomic E-state index is -1.99. The molecule has 8 rings (SSSR count). The van der Waals surface area contributed by atoms with Crippen LogP contribution in [0.4, 0.5) is 0 Å². The van der Waals surface area contributed by atoms with E-state index in [4.69, 9.17) is 14.4 Å². The molecule has 0 saturated heterocycles. The Labute approximate surface area is 304 Å². The first kappa shape index (κ1) is 34.5. The van der Waals surface area contributed by atoms with Crippen LogP contribution in [0.25, 0.3) is 61.4 Å². The van der Waals surface area contributed by atoms with Gasteiger partial charge in [-0.25, -0.2) is 0 Å². The van der Waals surface area contributed by atoms with Gasteiger partial charge in [-0.1, -0.05) is 32.9 Å². The van der Waals surface area contributed by atoms with Crippen LogP contribution in [0.3, 0.4) is 0 Å². The summed E-state index contributed by atoms with van der Waals surface area (Å²) in [5.41, 5.74) is 8.27. The van der Waals surface area contributed by atoms with Crippen molar-refractivity contribution in [2.45, 2.75) is 43.5 Å².